The van der Waals surface area contributed by atoms with Crippen LogP contribution in [0, 0.1) is 5.82 Å². The molecule has 18 heteroatoms. The maximum atomic E-state index is 14.2. The van der Waals surface area contributed by atoms with Crippen molar-refractivity contribution in [1.82, 2.24) is 29.1 Å². The smallest absolute Gasteiger partial charge is 0.335 e. The lowest BCUT2D eigenvalue weighted by Gasteiger charge is -2.28. The van der Waals surface area contributed by atoms with Gasteiger partial charge in [-0.2, -0.15) is 10.1 Å². The minimum Gasteiger partial charge on any atom is -0.479 e. The fourth-order valence-corrected chi connectivity index (χ4v) is 6.73. The normalized spacial score (nSPS) is 12.1. The number of hydrogen-bond donors (Lipinski definition) is 5. The molecule has 0 fully saturated rings. The molecular weight excluding hydrogens is 807 g/mol. The van der Waals surface area contributed by atoms with Crippen LogP contribution in [0.5, 0.6) is 0 Å². The number of aliphatic carboxylic acids is 2. The SMILES string of the molecule is CCN(CCO)CCN(Cc1ccc(-c2ccc(Cl)cc2)cc1)C(=O)Cn1cc(Cc2cnn(C)c2)c(=O)nc1SCc1ccc(F)cc1.O=C(O)C(O)C(O)C(=O)O. The van der Waals surface area contributed by atoms with Crippen LogP contribution in [-0.4, -0.2) is 118 Å². The summed E-state index contributed by atoms with van der Waals surface area (Å²) < 4.78 is 16.9. The van der Waals surface area contributed by atoms with Crippen LogP contribution in [-0.2, 0) is 46.7 Å². The van der Waals surface area contributed by atoms with Crippen molar-refractivity contribution in [2.75, 3.05) is 32.8 Å². The first-order valence-corrected chi connectivity index (χ1v) is 19.8. The van der Waals surface area contributed by atoms with Crippen molar-refractivity contribution in [2.45, 2.75) is 49.6 Å². The molecule has 5 N–H and O–H groups in total. The molecule has 0 aliphatic carbocycles. The standard InChI is InChI=1S/C37H40ClFN6O3S.C4H6O6/c1-3-43(18-19-46)16-17-44(23-27-4-8-30(9-5-27)31-10-12-33(38)13-11-31)35(47)25-45-24-32(20-29-21-40-42(2)22-29)36(48)41-37(45)49-26-28-6-14-34(39)15-7-28;5-1(3(7)8)2(6)4(9)10/h4-15,21-22,24,46H,3,16-20,23,25-26H2,1-2H3;1-2,5-6H,(H,7,8)(H,9,10). The molecule has 2 heterocycles. The number of aromatic nitrogens is 4. The zero-order valence-electron chi connectivity index (χ0n) is 32.4. The molecule has 314 valence electrons. The highest BCUT2D eigenvalue weighted by atomic mass is 35.5. The highest BCUT2D eigenvalue weighted by Gasteiger charge is 2.29. The Morgan fingerprint density at radius 2 is 1.44 bits per heavy atom. The van der Waals surface area contributed by atoms with Crippen molar-refractivity contribution in [3.63, 3.8) is 0 Å². The molecule has 2 aromatic heterocycles. The largest absolute Gasteiger partial charge is 0.479 e. The predicted octanol–water partition coefficient (Wildman–Crippen LogP) is 3.54. The van der Waals surface area contributed by atoms with Crippen molar-refractivity contribution < 1.29 is 44.3 Å². The summed E-state index contributed by atoms with van der Waals surface area (Å²) in [5.74, 6) is -3.55. The molecule has 0 saturated heterocycles. The third-order valence-corrected chi connectivity index (χ3v) is 10.3. The number of nitrogens with zero attached hydrogens (tertiary/aromatic N) is 6. The topological polar surface area (TPSA) is 212 Å². The van der Waals surface area contributed by atoms with Crippen molar-refractivity contribution in [1.29, 1.82) is 0 Å². The van der Waals surface area contributed by atoms with Gasteiger partial charge in [0.15, 0.2) is 17.4 Å². The number of aliphatic hydroxyl groups excluding tert-OH is 3. The summed E-state index contributed by atoms with van der Waals surface area (Å²) in [7, 11) is 1.81. The van der Waals surface area contributed by atoms with Gasteiger partial charge in [-0.25, -0.2) is 14.0 Å². The van der Waals surface area contributed by atoms with E-state index in [1.54, 1.807) is 33.8 Å². The lowest BCUT2D eigenvalue weighted by molar-refractivity contribution is -0.165. The van der Waals surface area contributed by atoms with Crippen molar-refractivity contribution >= 4 is 41.2 Å². The number of carboxylic acids is 2. The first kappa shape index (κ1) is 46.3. The summed E-state index contributed by atoms with van der Waals surface area (Å²) in [6.07, 6.45) is 1.06. The van der Waals surface area contributed by atoms with Crippen LogP contribution < -0.4 is 5.56 Å². The molecule has 2 unspecified atom stereocenters. The number of rotatable bonds is 19. The Labute approximate surface area is 348 Å². The average Bonchev–Trinajstić information content (AvgIpc) is 3.64. The van der Waals surface area contributed by atoms with Crippen molar-refractivity contribution in [2.24, 2.45) is 7.05 Å². The molecular formula is C41H46ClFN6O9S. The summed E-state index contributed by atoms with van der Waals surface area (Å²) in [6, 6.07) is 21.9. The highest BCUT2D eigenvalue weighted by Crippen LogP contribution is 2.24. The second-order valence-corrected chi connectivity index (χ2v) is 14.7. The van der Waals surface area contributed by atoms with E-state index in [1.807, 2.05) is 73.6 Å². The van der Waals surface area contributed by atoms with Gasteiger partial charge in [-0.05, 0) is 58.6 Å². The molecule has 0 aliphatic heterocycles. The Balaban J connectivity index is 0.000000680. The molecule has 0 bridgehead atoms. The zero-order valence-corrected chi connectivity index (χ0v) is 34.0. The molecule has 3 aromatic carbocycles. The van der Waals surface area contributed by atoms with E-state index in [-0.39, 0.29) is 30.4 Å². The van der Waals surface area contributed by atoms with E-state index < -0.39 is 24.1 Å². The third-order valence-electron chi connectivity index (χ3n) is 8.98. The van der Waals surface area contributed by atoms with E-state index in [0.717, 1.165) is 34.4 Å². The summed E-state index contributed by atoms with van der Waals surface area (Å²) in [6.45, 7) is 4.69. The van der Waals surface area contributed by atoms with Gasteiger partial charge in [0, 0.05) is 68.4 Å². The van der Waals surface area contributed by atoms with Crippen LogP contribution in [0.4, 0.5) is 4.39 Å². The summed E-state index contributed by atoms with van der Waals surface area (Å²) >= 11 is 7.40. The van der Waals surface area contributed by atoms with E-state index in [1.165, 1.54) is 23.9 Å². The zero-order chi connectivity index (χ0) is 43.1. The second-order valence-electron chi connectivity index (χ2n) is 13.3. The lowest BCUT2D eigenvalue weighted by atomic mass is 10.0. The van der Waals surface area contributed by atoms with Crippen molar-refractivity contribution in [3.8, 4) is 11.1 Å². The van der Waals surface area contributed by atoms with Crippen LogP contribution in [0.1, 0.15) is 29.2 Å². The number of hydrogen-bond acceptors (Lipinski definition) is 11. The maximum Gasteiger partial charge on any atom is 0.335 e. The first-order chi connectivity index (χ1) is 28.2. The van der Waals surface area contributed by atoms with Gasteiger partial charge >= 0.3 is 11.9 Å². The molecule has 0 spiro atoms. The quantitative estimate of drug-likeness (QED) is 0.0596. The first-order valence-electron chi connectivity index (χ1n) is 18.4. The van der Waals surface area contributed by atoms with E-state index in [4.69, 9.17) is 32.0 Å². The van der Waals surface area contributed by atoms with E-state index in [0.29, 0.717) is 54.1 Å². The number of carbonyl (C=O) groups excluding carboxylic acids is 1. The minimum atomic E-state index is -2.27. The molecule has 2 atom stereocenters. The molecule has 5 rings (SSSR count). The van der Waals surface area contributed by atoms with Gasteiger partial charge in [0.25, 0.3) is 5.56 Å². The Kier molecular flexibility index (Phi) is 17.8. The number of carbonyl (C=O) groups is 3. The van der Waals surface area contributed by atoms with Gasteiger partial charge < -0.3 is 35.0 Å². The number of likely N-dealkylation sites (N-methyl/N-ethyl adjacent to an activating group) is 1. The summed E-state index contributed by atoms with van der Waals surface area (Å²) in [4.78, 5) is 55.2. The average molecular weight is 853 g/mol. The van der Waals surface area contributed by atoms with Crippen LogP contribution in [0.25, 0.3) is 11.1 Å². The molecule has 0 saturated carbocycles. The predicted molar refractivity (Wildman–Crippen MR) is 219 cm³/mol. The third kappa shape index (κ3) is 14.4. The van der Waals surface area contributed by atoms with E-state index in [9.17, 15) is 28.7 Å². The fourth-order valence-electron chi connectivity index (χ4n) is 5.69. The maximum absolute atomic E-state index is 14.2. The Hall–Kier alpha value is -5.43. The lowest BCUT2D eigenvalue weighted by Crippen LogP contribution is -2.41. The molecule has 5 aromatic rings. The number of halogens is 2. The number of amides is 1. The van der Waals surface area contributed by atoms with E-state index >= 15 is 0 Å². The van der Waals surface area contributed by atoms with Gasteiger partial charge in [0.2, 0.25) is 5.91 Å². The van der Waals surface area contributed by atoms with Gasteiger partial charge in [-0.3, -0.25) is 19.2 Å². The number of aliphatic hydroxyl groups is 3. The molecule has 15 nitrogen and oxygen atoms in total. The number of aryl methyl sites for hydroxylation is 1. The Bertz CT molecular complexity index is 2190. The molecule has 0 radical (unpaired) electrons. The second kappa shape index (κ2) is 22.6. The van der Waals surface area contributed by atoms with E-state index in [2.05, 4.69) is 15.0 Å². The highest BCUT2D eigenvalue weighted by molar-refractivity contribution is 7.98. The van der Waals surface area contributed by atoms with Gasteiger partial charge in [0.1, 0.15) is 12.4 Å². The van der Waals surface area contributed by atoms with Crippen LogP contribution >= 0.6 is 23.4 Å². The summed E-state index contributed by atoms with van der Waals surface area (Å²) in [5, 5.41) is 47.4. The van der Waals surface area contributed by atoms with Gasteiger partial charge in [-0.1, -0.05) is 78.8 Å². The monoisotopic (exact) mass is 852 g/mol. The summed E-state index contributed by atoms with van der Waals surface area (Å²) in [5.41, 5.74) is 4.87. The van der Waals surface area contributed by atoms with Crippen LogP contribution in [0.15, 0.2) is 101 Å². The van der Waals surface area contributed by atoms with Crippen molar-refractivity contribution in [3.05, 3.63) is 135 Å². The Morgan fingerprint density at radius 1 is 0.847 bits per heavy atom. The Morgan fingerprint density at radius 3 is 1.98 bits per heavy atom. The van der Waals surface area contributed by atoms with Crippen LogP contribution in [0.3, 0.4) is 0 Å². The van der Waals surface area contributed by atoms with Crippen LogP contribution in [0.2, 0.25) is 5.02 Å². The molecule has 59 heavy (non-hydrogen) atoms. The fraction of sp³-hybridized carbons (Fsp3) is 0.317. The number of benzene rings is 3. The molecule has 0 aliphatic rings. The number of thioether (sulfide) groups is 1. The van der Waals surface area contributed by atoms with Gasteiger partial charge in [-0.15, -0.1) is 0 Å². The molecule has 1 amide bonds. The van der Waals surface area contributed by atoms with Gasteiger partial charge in [0.05, 0.1) is 12.8 Å². The minimum absolute atomic E-state index is 0.0331. The number of carboxylic acid groups (broad SMARTS) is 2.